The Bertz CT molecular complexity index is 1340. The van der Waals surface area contributed by atoms with E-state index < -0.39 is 0 Å². The molecule has 33 heavy (non-hydrogen) atoms. The van der Waals surface area contributed by atoms with Gasteiger partial charge >= 0.3 is 0 Å². The standard InChI is InChI=1S/C26H21Cl2N3OS/c1-15-6-8-18(13-16(15)2)31-25(24(30-26(31)33)21-5-3-4-12-29-21)23-11-10-22(32-23)17-7-9-19(27)20(28)14-17/h3-14,24-25H,1-2H3,(H,30,33)/t24-,25-/m1/s1. The number of halogens is 2. The third-order valence-electron chi connectivity index (χ3n) is 5.99. The van der Waals surface area contributed by atoms with E-state index in [2.05, 4.69) is 47.2 Å². The largest absolute Gasteiger partial charge is 0.459 e. The summed E-state index contributed by atoms with van der Waals surface area (Å²) in [6, 6.07) is 21.3. The number of hydrogen-bond donors (Lipinski definition) is 1. The molecule has 2 atom stereocenters. The fourth-order valence-corrected chi connectivity index (χ4v) is 4.76. The monoisotopic (exact) mass is 493 g/mol. The van der Waals surface area contributed by atoms with Crippen LogP contribution in [0.4, 0.5) is 5.69 Å². The van der Waals surface area contributed by atoms with Gasteiger partial charge in [0.15, 0.2) is 5.11 Å². The maximum Gasteiger partial charge on any atom is 0.174 e. The Labute approximate surface area is 208 Å². The average molecular weight is 494 g/mol. The maximum absolute atomic E-state index is 6.38. The van der Waals surface area contributed by atoms with Crippen LogP contribution in [-0.4, -0.2) is 10.1 Å². The van der Waals surface area contributed by atoms with Gasteiger partial charge in [-0.3, -0.25) is 4.98 Å². The summed E-state index contributed by atoms with van der Waals surface area (Å²) in [5.74, 6) is 1.48. The molecule has 0 bridgehead atoms. The second-order valence-corrected chi connectivity index (χ2v) is 9.30. The molecule has 3 heterocycles. The molecule has 0 radical (unpaired) electrons. The average Bonchev–Trinajstić information content (AvgIpc) is 3.43. The SMILES string of the molecule is Cc1ccc(N2C(=S)N[C@H](c3ccccn3)[C@H]2c2ccc(-c3ccc(Cl)c(Cl)c3)o2)cc1C. The van der Waals surface area contributed by atoms with Gasteiger partial charge in [0.25, 0.3) is 0 Å². The second kappa shape index (κ2) is 8.82. The van der Waals surface area contributed by atoms with Crippen LogP contribution >= 0.6 is 35.4 Å². The van der Waals surface area contributed by atoms with E-state index in [1.165, 1.54) is 11.1 Å². The van der Waals surface area contributed by atoms with Gasteiger partial charge < -0.3 is 14.6 Å². The third kappa shape index (κ3) is 4.12. The molecule has 1 fully saturated rings. The van der Waals surface area contributed by atoms with Gasteiger partial charge in [0.2, 0.25) is 0 Å². The van der Waals surface area contributed by atoms with Crippen LogP contribution in [0.2, 0.25) is 10.0 Å². The van der Waals surface area contributed by atoms with Crippen LogP contribution in [0.25, 0.3) is 11.3 Å². The first kappa shape index (κ1) is 22.0. The maximum atomic E-state index is 6.38. The molecule has 0 aliphatic carbocycles. The normalized spacial score (nSPS) is 17.9. The first-order chi connectivity index (χ1) is 15.9. The smallest absolute Gasteiger partial charge is 0.174 e. The molecular formula is C26H21Cl2N3OS. The molecular weight excluding hydrogens is 473 g/mol. The van der Waals surface area contributed by atoms with Crippen LogP contribution in [0.15, 0.2) is 77.3 Å². The van der Waals surface area contributed by atoms with Crippen LogP contribution in [0.3, 0.4) is 0 Å². The lowest BCUT2D eigenvalue weighted by molar-refractivity contribution is 0.439. The van der Waals surface area contributed by atoms with Crippen molar-refractivity contribution < 1.29 is 4.42 Å². The summed E-state index contributed by atoms with van der Waals surface area (Å²) >= 11 is 18.1. The van der Waals surface area contributed by atoms with Crippen molar-refractivity contribution in [2.24, 2.45) is 0 Å². The van der Waals surface area contributed by atoms with E-state index in [4.69, 9.17) is 39.8 Å². The zero-order valence-corrected chi connectivity index (χ0v) is 20.4. The van der Waals surface area contributed by atoms with Crippen molar-refractivity contribution in [3.05, 3.63) is 106 Å². The molecule has 1 N–H and O–H groups in total. The van der Waals surface area contributed by atoms with Crippen LogP contribution in [0.5, 0.6) is 0 Å². The predicted molar refractivity (Wildman–Crippen MR) is 138 cm³/mol. The van der Waals surface area contributed by atoms with Gasteiger partial charge in [-0.2, -0.15) is 0 Å². The van der Waals surface area contributed by atoms with E-state index in [1.807, 2.05) is 36.4 Å². The molecule has 2 aromatic heterocycles. The van der Waals surface area contributed by atoms with Crippen molar-refractivity contribution in [2.45, 2.75) is 25.9 Å². The number of aryl methyl sites for hydroxylation is 2. The zero-order valence-electron chi connectivity index (χ0n) is 18.0. The summed E-state index contributed by atoms with van der Waals surface area (Å²) in [6.45, 7) is 4.20. The van der Waals surface area contributed by atoms with Gasteiger partial charge in [-0.1, -0.05) is 35.3 Å². The lowest BCUT2D eigenvalue weighted by Gasteiger charge is -2.26. The van der Waals surface area contributed by atoms with Crippen molar-refractivity contribution in [3.8, 4) is 11.3 Å². The first-order valence-corrected chi connectivity index (χ1v) is 11.7. The van der Waals surface area contributed by atoms with Crippen molar-refractivity contribution in [1.29, 1.82) is 0 Å². The highest BCUT2D eigenvalue weighted by Crippen LogP contribution is 2.43. The van der Waals surface area contributed by atoms with E-state index in [-0.39, 0.29) is 12.1 Å². The highest BCUT2D eigenvalue weighted by Gasteiger charge is 2.42. The van der Waals surface area contributed by atoms with Gasteiger partial charge in [-0.25, -0.2) is 0 Å². The first-order valence-electron chi connectivity index (χ1n) is 10.6. The number of furan rings is 1. The summed E-state index contributed by atoms with van der Waals surface area (Å²) in [5, 5.41) is 5.09. The quantitative estimate of drug-likeness (QED) is 0.299. The summed E-state index contributed by atoms with van der Waals surface area (Å²) < 4.78 is 6.38. The Hall–Kier alpha value is -2.86. The molecule has 7 heteroatoms. The summed E-state index contributed by atoms with van der Waals surface area (Å²) in [7, 11) is 0. The van der Waals surface area contributed by atoms with Crippen molar-refractivity contribution in [3.63, 3.8) is 0 Å². The number of pyridine rings is 1. The van der Waals surface area contributed by atoms with Crippen molar-refractivity contribution in [1.82, 2.24) is 10.3 Å². The minimum Gasteiger partial charge on any atom is -0.459 e. The van der Waals surface area contributed by atoms with Crippen LogP contribution < -0.4 is 10.2 Å². The molecule has 4 nitrogen and oxygen atoms in total. The summed E-state index contributed by atoms with van der Waals surface area (Å²) in [6.07, 6.45) is 1.79. The molecule has 5 rings (SSSR count). The number of hydrogen-bond acceptors (Lipinski definition) is 3. The van der Waals surface area contributed by atoms with E-state index in [0.717, 1.165) is 22.7 Å². The van der Waals surface area contributed by atoms with E-state index in [0.29, 0.717) is 20.9 Å². The van der Waals surface area contributed by atoms with E-state index >= 15 is 0 Å². The molecule has 0 amide bonds. The summed E-state index contributed by atoms with van der Waals surface area (Å²) in [5.41, 5.74) is 5.19. The Morgan fingerprint density at radius 1 is 0.939 bits per heavy atom. The number of rotatable bonds is 4. The van der Waals surface area contributed by atoms with Gasteiger partial charge in [0.05, 0.1) is 21.8 Å². The van der Waals surface area contributed by atoms with Gasteiger partial charge in [0, 0.05) is 17.4 Å². The molecule has 1 aliphatic heterocycles. The molecule has 2 aromatic carbocycles. The van der Waals surface area contributed by atoms with Crippen molar-refractivity contribution in [2.75, 3.05) is 4.90 Å². The highest BCUT2D eigenvalue weighted by atomic mass is 35.5. The molecule has 0 unspecified atom stereocenters. The number of anilines is 1. The number of benzene rings is 2. The third-order valence-corrected chi connectivity index (χ3v) is 7.04. The van der Waals surface area contributed by atoms with Crippen molar-refractivity contribution >= 4 is 46.2 Å². The van der Waals surface area contributed by atoms with Gasteiger partial charge in [0.1, 0.15) is 17.6 Å². The van der Waals surface area contributed by atoms with Gasteiger partial charge in [-0.05, 0) is 91.8 Å². The van der Waals surface area contributed by atoms with Gasteiger partial charge in [-0.15, -0.1) is 0 Å². The minimum absolute atomic E-state index is 0.173. The molecule has 0 saturated carbocycles. The number of aromatic nitrogens is 1. The molecule has 0 spiro atoms. The molecule has 1 aliphatic rings. The minimum atomic E-state index is -0.217. The lowest BCUT2D eigenvalue weighted by atomic mass is 10.0. The Balaban J connectivity index is 1.61. The fourth-order valence-electron chi connectivity index (χ4n) is 4.11. The predicted octanol–water partition coefficient (Wildman–Crippen LogP) is 7.44. The number of nitrogens with one attached hydrogen (secondary N) is 1. The molecule has 1 saturated heterocycles. The zero-order chi connectivity index (χ0) is 23.1. The lowest BCUT2D eigenvalue weighted by Crippen LogP contribution is -2.29. The highest BCUT2D eigenvalue weighted by molar-refractivity contribution is 7.80. The van der Waals surface area contributed by atoms with E-state index in [1.54, 1.807) is 18.3 Å². The Kier molecular flexibility index (Phi) is 5.87. The number of thiocarbonyl (C=S) groups is 1. The van der Waals surface area contributed by atoms with Crippen LogP contribution in [-0.2, 0) is 0 Å². The topological polar surface area (TPSA) is 41.3 Å². The molecule has 166 valence electrons. The van der Waals surface area contributed by atoms with E-state index in [9.17, 15) is 0 Å². The fraction of sp³-hybridized carbons (Fsp3) is 0.154. The number of nitrogens with zero attached hydrogens (tertiary/aromatic N) is 2. The Morgan fingerprint density at radius 2 is 1.79 bits per heavy atom. The summed E-state index contributed by atoms with van der Waals surface area (Å²) in [4.78, 5) is 6.70. The second-order valence-electron chi connectivity index (χ2n) is 8.10. The Morgan fingerprint density at radius 3 is 2.52 bits per heavy atom. The van der Waals surface area contributed by atoms with Crippen LogP contribution in [0.1, 0.15) is 34.7 Å². The molecule has 4 aromatic rings. The van der Waals surface area contributed by atoms with Crippen LogP contribution in [0, 0.1) is 13.8 Å².